The SMILES string of the molecule is Nc1cc(F)c(Br)cc1S(=O)(=O)Nc1nnns1. The molecule has 0 atom stereocenters. The molecule has 0 aliphatic heterocycles. The van der Waals surface area contributed by atoms with Crippen molar-refractivity contribution in [2.24, 2.45) is 0 Å². The summed E-state index contributed by atoms with van der Waals surface area (Å²) in [6.07, 6.45) is 0. The Kier molecular flexibility index (Phi) is 3.45. The summed E-state index contributed by atoms with van der Waals surface area (Å²) in [5, 5.41) is 6.68. The molecule has 0 amide bonds. The van der Waals surface area contributed by atoms with E-state index in [0.717, 1.165) is 23.7 Å². The highest BCUT2D eigenvalue weighted by atomic mass is 79.9. The predicted octanol–water partition coefficient (Wildman–Crippen LogP) is 1.22. The van der Waals surface area contributed by atoms with Gasteiger partial charge in [-0.05, 0) is 33.3 Å². The van der Waals surface area contributed by atoms with Crippen LogP contribution in [0, 0.1) is 5.82 Å². The molecule has 0 aliphatic carbocycles. The molecule has 1 aromatic heterocycles. The third-order valence-corrected chi connectivity index (χ3v) is 4.51. The molecule has 0 saturated heterocycles. The smallest absolute Gasteiger partial charge is 0.265 e. The normalized spacial score (nSPS) is 11.4. The molecule has 1 aromatic carbocycles. The van der Waals surface area contributed by atoms with Crippen molar-refractivity contribution >= 4 is 48.3 Å². The highest BCUT2D eigenvalue weighted by Gasteiger charge is 2.21. The Labute approximate surface area is 114 Å². The molecule has 0 unspecified atom stereocenters. The number of hydrogen-bond donors (Lipinski definition) is 2. The van der Waals surface area contributed by atoms with Gasteiger partial charge in [0.15, 0.2) is 0 Å². The summed E-state index contributed by atoms with van der Waals surface area (Å²) in [6.45, 7) is 0. The zero-order chi connectivity index (χ0) is 13.3. The Morgan fingerprint density at radius 3 is 2.78 bits per heavy atom. The Hall–Kier alpha value is -1.33. The van der Waals surface area contributed by atoms with Gasteiger partial charge < -0.3 is 5.73 Å². The summed E-state index contributed by atoms with van der Waals surface area (Å²) in [7, 11) is -3.96. The highest BCUT2D eigenvalue weighted by molar-refractivity contribution is 9.10. The van der Waals surface area contributed by atoms with Gasteiger partial charge in [-0.1, -0.05) is 9.59 Å². The fourth-order valence-electron chi connectivity index (χ4n) is 1.12. The number of nitrogen functional groups attached to an aromatic ring is 1. The van der Waals surface area contributed by atoms with E-state index in [4.69, 9.17) is 5.73 Å². The molecular formula is C7H5BrFN5O2S2. The Balaban J connectivity index is 2.44. The maximum atomic E-state index is 13.2. The minimum atomic E-state index is -3.96. The summed E-state index contributed by atoms with van der Waals surface area (Å²) in [5.41, 5.74) is 5.27. The molecule has 18 heavy (non-hydrogen) atoms. The van der Waals surface area contributed by atoms with Gasteiger partial charge in [0.1, 0.15) is 10.7 Å². The standard InChI is InChI=1S/C7H5BrFN5O2S2/c8-3-1-6(5(10)2-4(3)9)18(15,16)12-7-11-13-14-17-7/h1-2H,10H2,(H,11,12,14). The fourth-order valence-corrected chi connectivity index (χ4v) is 3.34. The van der Waals surface area contributed by atoms with Crippen LogP contribution in [-0.4, -0.2) is 23.2 Å². The molecule has 2 rings (SSSR count). The quantitative estimate of drug-likeness (QED) is 0.802. The average molecular weight is 354 g/mol. The van der Waals surface area contributed by atoms with E-state index in [0.29, 0.717) is 0 Å². The van der Waals surface area contributed by atoms with E-state index < -0.39 is 15.8 Å². The minimum absolute atomic E-state index is 0.00477. The molecule has 7 nitrogen and oxygen atoms in total. The van der Waals surface area contributed by atoms with Crippen LogP contribution in [0.15, 0.2) is 21.5 Å². The van der Waals surface area contributed by atoms with Crippen LogP contribution in [0.25, 0.3) is 0 Å². The molecule has 11 heteroatoms. The lowest BCUT2D eigenvalue weighted by Crippen LogP contribution is -2.15. The van der Waals surface area contributed by atoms with Crippen molar-refractivity contribution in [3.8, 4) is 0 Å². The molecule has 3 N–H and O–H groups in total. The van der Waals surface area contributed by atoms with Gasteiger partial charge in [-0.25, -0.2) is 12.8 Å². The number of benzene rings is 1. The van der Waals surface area contributed by atoms with Crippen LogP contribution < -0.4 is 10.5 Å². The van der Waals surface area contributed by atoms with Gasteiger partial charge in [0.25, 0.3) is 10.0 Å². The number of hydrogen-bond acceptors (Lipinski definition) is 7. The monoisotopic (exact) mass is 353 g/mol. The van der Waals surface area contributed by atoms with E-state index in [1.165, 1.54) is 0 Å². The Morgan fingerprint density at radius 2 is 2.17 bits per heavy atom. The van der Waals surface area contributed by atoms with Crippen molar-refractivity contribution in [3.05, 3.63) is 22.4 Å². The summed E-state index contributed by atoms with van der Waals surface area (Å²) in [6, 6.07) is 1.98. The van der Waals surface area contributed by atoms with E-state index in [2.05, 4.69) is 35.5 Å². The largest absolute Gasteiger partial charge is 0.398 e. The van der Waals surface area contributed by atoms with Crippen molar-refractivity contribution in [2.45, 2.75) is 4.90 Å². The van der Waals surface area contributed by atoms with Crippen LogP contribution in [-0.2, 0) is 10.0 Å². The molecule has 0 saturated carbocycles. The van der Waals surface area contributed by atoms with Gasteiger partial charge in [-0.3, -0.25) is 4.72 Å². The Morgan fingerprint density at radius 1 is 1.44 bits per heavy atom. The topological polar surface area (TPSA) is 111 Å². The van der Waals surface area contributed by atoms with E-state index >= 15 is 0 Å². The van der Waals surface area contributed by atoms with Gasteiger partial charge in [-0.2, -0.15) is 0 Å². The molecule has 0 spiro atoms. The minimum Gasteiger partial charge on any atom is -0.398 e. The molecule has 0 radical (unpaired) electrons. The van der Waals surface area contributed by atoms with E-state index in [1.54, 1.807) is 0 Å². The number of nitrogens with two attached hydrogens (primary N) is 1. The van der Waals surface area contributed by atoms with Crippen LogP contribution in [0.2, 0.25) is 0 Å². The molecular weight excluding hydrogens is 349 g/mol. The summed E-state index contributed by atoms with van der Waals surface area (Å²) in [4.78, 5) is -0.258. The van der Waals surface area contributed by atoms with Gasteiger partial charge >= 0.3 is 0 Å². The van der Waals surface area contributed by atoms with Gasteiger partial charge in [0.05, 0.1) is 10.2 Å². The molecule has 0 aliphatic rings. The molecule has 0 fully saturated rings. The van der Waals surface area contributed by atoms with Crippen LogP contribution in [0.3, 0.4) is 0 Å². The zero-order valence-corrected chi connectivity index (χ0v) is 11.7. The first-order valence-electron chi connectivity index (χ1n) is 4.32. The summed E-state index contributed by atoms with van der Waals surface area (Å²) >= 11 is 3.66. The van der Waals surface area contributed by atoms with Crippen LogP contribution in [0.4, 0.5) is 15.2 Å². The van der Waals surface area contributed by atoms with Gasteiger partial charge in [0, 0.05) is 11.5 Å². The summed E-state index contributed by atoms with van der Waals surface area (Å²) < 4.78 is 42.6. The van der Waals surface area contributed by atoms with Crippen LogP contribution in [0.5, 0.6) is 0 Å². The highest BCUT2D eigenvalue weighted by Crippen LogP contribution is 2.27. The second-order valence-corrected chi connectivity index (χ2v) is 6.31. The second-order valence-electron chi connectivity index (χ2n) is 3.08. The number of aromatic nitrogens is 3. The molecule has 1 heterocycles. The van der Waals surface area contributed by atoms with Crippen molar-refractivity contribution in [3.63, 3.8) is 0 Å². The number of rotatable bonds is 3. The third kappa shape index (κ3) is 2.57. The fraction of sp³-hybridized carbons (Fsp3) is 0. The maximum Gasteiger partial charge on any atom is 0.265 e. The molecule has 0 bridgehead atoms. The maximum absolute atomic E-state index is 13.2. The van der Waals surface area contributed by atoms with E-state index in [-0.39, 0.29) is 20.2 Å². The first-order chi connectivity index (χ1) is 8.40. The van der Waals surface area contributed by atoms with Crippen molar-refractivity contribution in [2.75, 3.05) is 10.5 Å². The zero-order valence-electron chi connectivity index (χ0n) is 8.46. The van der Waals surface area contributed by atoms with Gasteiger partial charge in [0.2, 0.25) is 5.13 Å². The first kappa shape index (κ1) is 13.1. The molecule has 2 aromatic rings. The number of nitrogens with one attached hydrogen (secondary N) is 1. The van der Waals surface area contributed by atoms with Gasteiger partial charge in [-0.15, -0.1) is 0 Å². The average Bonchev–Trinajstić information content (AvgIpc) is 2.75. The number of halogens is 2. The Bertz CT molecular complexity index is 675. The van der Waals surface area contributed by atoms with Crippen molar-refractivity contribution in [1.29, 1.82) is 0 Å². The second kappa shape index (κ2) is 4.74. The number of nitrogens with zero attached hydrogens (tertiary/aromatic N) is 3. The lowest BCUT2D eigenvalue weighted by atomic mass is 10.3. The van der Waals surface area contributed by atoms with Crippen molar-refractivity contribution in [1.82, 2.24) is 14.8 Å². The van der Waals surface area contributed by atoms with Crippen LogP contribution >= 0.6 is 27.5 Å². The number of anilines is 2. The van der Waals surface area contributed by atoms with Crippen LogP contribution in [0.1, 0.15) is 0 Å². The third-order valence-electron chi connectivity index (χ3n) is 1.86. The first-order valence-corrected chi connectivity index (χ1v) is 7.37. The molecule has 96 valence electrons. The van der Waals surface area contributed by atoms with Crippen molar-refractivity contribution < 1.29 is 12.8 Å². The predicted molar refractivity (Wildman–Crippen MR) is 67.0 cm³/mol. The lowest BCUT2D eigenvalue weighted by Gasteiger charge is -2.08. The number of sulfonamides is 1. The van der Waals surface area contributed by atoms with E-state index in [9.17, 15) is 12.8 Å². The lowest BCUT2D eigenvalue weighted by molar-refractivity contribution is 0.599. The summed E-state index contributed by atoms with van der Waals surface area (Å²) in [5.74, 6) is -0.649. The van der Waals surface area contributed by atoms with E-state index in [1.807, 2.05) is 0 Å².